The molecule has 2 heterocycles. The molecule has 1 aromatic rings. The van der Waals surface area contributed by atoms with Gasteiger partial charge in [0.15, 0.2) is 0 Å². The van der Waals surface area contributed by atoms with Crippen LogP contribution in [0.3, 0.4) is 0 Å². The minimum absolute atomic E-state index is 0.164. The van der Waals surface area contributed by atoms with Crippen LogP contribution in [0.25, 0.3) is 0 Å². The van der Waals surface area contributed by atoms with Crippen LogP contribution in [0, 0.1) is 0 Å². The number of hydrogen-bond acceptors (Lipinski definition) is 2. The summed E-state index contributed by atoms with van der Waals surface area (Å²) in [6.07, 6.45) is 2.56. The number of carbonyl (C=O) groups is 1. The van der Waals surface area contributed by atoms with Gasteiger partial charge in [0.1, 0.15) is 5.75 Å². The minimum atomic E-state index is 0.164. The van der Waals surface area contributed by atoms with E-state index < -0.39 is 0 Å². The lowest BCUT2D eigenvalue weighted by Gasteiger charge is -2.11. The fourth-order valence-electron chi connectivity index (χ4n) is 2.29. The van der Waals surface area contributed by atoms with Crippen molar-refractivity contribution < 1.29 is 9.53 Å². The number of hydrogen-bond donors (Lipinski definition) is 1. The summed E-state index contributed by atoms with van der Waals surface area (Å²) in [5, 5.41) is 2.98. The molecule has 1 amide bonds. The molecular formula is C12H13NO2. The van der Waals surface area contributed by atoms with E-state index in [1.165, 1.54) is 11.1 Å². The van der Waals surface area contributed by atoms with Crippen molar-refractivity contribution in [3.63, 3.8) is 0 Å². The van der Waals surface area contributed by atoms with Gasteiger partial charge in [0, 0.05) is 12.8 Å². The topological polar surface area (TPSA) is 38.3 Å². The van der Waals surface area contributed by atoms with Gasteiger partial charge in [-0.1, -0.05) is 6.07 Å². The third-order valence-corrected chi connectivity index (χ3v) is 3.11. The third kappa shape index (κ3) is 1.48. The summed E-state index contributed by atoms with van der Waals surface area (Å²) in [4.78, 5) is 11.1. The quantitative estimate of drug-likeness (QED) is 0.752. The summed E-state index contributed by atoms with van der Waals surface area (Å²) in [5.41, 5.74) is 2.48. The van der Waals surface area contributed by atoms with Crippen LogP contribution in [0.1, 0.15) is 30.0 Å². The average molecular weight is 203 g/mol. The molecule has 0 aliphatic carbocycles. The Morgan fingerprint density at radius 1 is 1.33 bits per heavy atom. The summed E-state index contributed by atoms with van der Waals surface area (Å²) in [6.45, 7) is 0.788. The van der Waals surface area contributed by atoms with Crippen LogP contribution in [-0.2, 0) is 11.2 Å². The molecule has 1 fully saturated rings. The zero-order valence-electron chi connectivity index (χ0n) is 8.45. The molecule has 0 radical (unpaired) electrons. The molecule has 3 nitrogen and oxygen atoms in total. The standard InChI is InChI=1S/C12H13NO2/c14-12-4-2-10(13-12)8-1-3-11-9(7-8)5-6-15-11/h1,3,7,10H,2,4-6H2,(H,13,14). The van der Waals surface area contributed by atoms with Gasteiger partial charge in [-0.05, 0) is 29.7 Å². The number of rotatable bonds is 1. The highest BCUT2D eigenvalue weighted by Gasteiger charge is 2.23. The molecular weight excluding hydrogens is 190 g/mol. The Kier molecular flexibility index (Phi) is 1.91. The summed E-state index contributed by atoms with van der Waals surface area (Å²) >= 11 is 0. The van der Waals surface area contributed by atoms with E-state index in [-0.39, 0.29) is 11.9 Å². The van der Waals surface area contributed by atoms with E-state index in [9.17, 15) is 4.79 Å². The molecule has 1 N–H and O–H groups in total. The smallest absolute Gasteiger partial charge is 0.220 e. The van der Waals surface area contributed by atoms with E-state index in [0.29, 0.717) is 6.42 Å². The van der Waals surface area contributed by atoms with Gasteiger partial charge in [0.05, 0.1) is 12.6 Å². The highest BCUT2D eigenvalue weighted by Crippen LogP contribution is 2.31. The van der Waals surface area contributed by atoms with Crippen LogP contribution < -0.4 is 10.1 Å². The van der Waals surface area contributed by atoms with Gasteiger partial charge in [-0.25, -0.2) is 0 Å². The lowest BCUT2D eigenvalue weighted by atomic mass is 10.0. The molecule has 1 unspecified atom stereocenters. The number of nitrogens with one attached hydrogen (secondary N) is 1. The number of carbonyl (C=O) groups excluding carboxylic acids is 1. The summed E-state index contributed by atoms with van der Waals surface area (Å²) in [7, 11) is 0. The van der Waals surface area contributed by atoms with Crippen molar-refractivity contribution >= 4 is 5.91 Å². The van der Waals surface area contributed by atoms with E-state index in [1.54, 1.807) is 0 Å². The van der Waals surface area contributed by atoms with Gasteiger partial charge in [0.2, 0.25) is 5.91 Å². The first-order valence-corrected chi connectivity index (χ1v) is 5.38. The normalized spacial score (nSPS) is 23.5. The van der Waals surface area contributed by atoms with Crippen LogP contribution in [0.15, 0.2) is 18.2 Å². The van der Waals surface area contributed by atoms with Gasteiger partial charge in [-0.2, -0.15) is 0 Å². The fourth-order valence-corrected chi connectivity index (χ4v) is 2.29. The second-order valence-corrected chi connectivity index (χ2v) is 4.12. The Morgan fingerprint density at radius 3 is 3.07 bits per heavy atom. The van der Waals surface area contributed by atoms with Crippen LogP contribution in [0.5, 0.6) is 5.75 Å². The van der Waals surface area contributed by atoms with Crippen molar-refractivity contribution in [2.24, 2.45) is 0 Å². The predicted molar refractivity (Wildman–Crippen MR) is 55.8 cm³/mol. The lowest BCUT2D eigenvalue weighted by Crippen LogP contribution is -2.18. The first-order chi connectivity index (χ1) is 7.33. The van der Waals surface area contributed by atoms with Gasteiger partial charge in [-0.3, -0.25) is 4.79 Å². The number of benzene rings is 1. The molecule has 15 heavy (non-hydrogen) atoms. The zero-order valence-corrected chi connectivity index (χ0v) is 8.45. The van der Waals surface area contributed by atoms with Crippen molar-refractivity contribution in [1.29, 1.82) is 0 Å². The van der Waals surface area contributed by atoms with Gasteiger partial charge < -0.3 is 10.1 Å². The molecule has 0 saturated carbocycles. The monoisotopic (exact) mass is 203 g/mol. The molecule has 2 aliphatic rings. The molecule has 0 spiro atoms. The van der Waals surface area contributed by atoms with Crippen LogP contribution in [0.4, 0.5) is 0 Å². The maximum absolute atomic E-state index is 11.1. The van der Waals surface area contributed by atoms with Gasteiger partial charge in [0.25, 0.3) is 0 Å². The second-order valence-electron chi connectivity index (χ2n) is 4.12. The maximum atomic E-state index is 11.1. The van der Waals surface area contributed by atoms with Crippen molar-refractivity contribution in [1.82, 2.24) is 5.32 Å². The Labute approximate surface area is 88.4 Å². The summed E-state index contributed by atoms with van der Waals surface area (Å²) in [5.74, 6) is 1.17. The molecule has 3 heteroatoms. The number of fused-ring (bicyclic) bond motifs is 1. The Morgan fingerprint density at radius 2 is 2.27 bits per heavy atom. The highest BCUT2D eigenvalue weighted by atomic mass is 16.5. The molecule has 1 atom stereocenters. The summed E-state index contributed by atoms with van der Waals surface area (Å²) in [6, 6.07) is 6.45. The lowest BCUT2D eigenvalue weighted by molar-refractivity contribution is -0.119. The van der Waals surface area contributed by atoms with E-state index in [4.69, 9.17) is 4.74 Å². The molecule has 2 aliphatic heterocycles. The largest absolute Gasteiger partial charge is 0.493 e. The zero-order chi connectivity index (χ0) is 10.3. The predicted octanol–water partition coefficient (Wildman–Crippen LogP) is 1.57. The van der Waals surface area contributed by atoms with E-state index in [1.807, 2.05) is 6.07 Å². The van der Waals surface area contributed by atoms with E-state index in [0.717, 1.165) is 25.2 Å². The third-order valence-electron chi connectivity index (χ3n) is 3.11. The summed E-state index contributed by atoms with van der Waals surface area (Å²) < 4.78 is 5.45. The van der Waals surface area contributed by atoms with Crippen LogP contribution in [-0.4, -0.2) is 12.5 Å². The van der Waals surface area contributed by atoms with E-state index >= 15 is 0 Å². The average Bonchev–Trinajstić information content (AvgIpc) is 2.84. The minimum Gasteiger partial charge on any atom is -0.493 e. The van der Waals surface area contributed by atoms with E-state index in [2.05, 4.69) is 17.4 Å². The first-order valence-electron chi connectivity index (χ1n) is 5.38. The highest BCUT2D eigenvalue weighted by molar-refractivity contribution is 5.78. The number of ether oxygens (including phenoxy) is 1. The van der Waals surface area contributed by atoms with Crippen molar-refractivity contribution in [3.8, 4) is 5.75 Å². The Balaban J connectivity index is 1.89. The SMILES string of the molecule is O=C1CCC(c2ccc3c(c2)CCO3)N1. The van der Waals surface area contributed by atoms with Gasteiger partial charge in [-0.15, -0.1) is 0 Å². The van der Waals surface area contributed by atoms with Crippen molar-refractivity contribution in [2.45, 2.75) is 25.3 Å². The molecule has 1 saturated heterocycles. The fraction of sp³-hybridized carbons (Fsp3) is 0.417. The van der Waals surface area contributed by atoms with Crippen LogP contribution in [0.2, 0.25) is 0 Å². The molecule has 0 aromatic heterocycles. The van der Waals surface area contributed by atoms with Gasteiger partial charge >= 0.3 is 0 Å². The van der Waals surface area contributed by atoms with Crippen molar-refractivity contribution in [2.75, 3.05) is 6.61 Å². The second kappa shape index (κ2) is 3.26. The molecule has 3 rings (SSSR count). The maximum Gasteiger partial charge on any atom is 0.220 e. The van der Waals surface area contributed by atoms with Crippen LogP contribution >= 0.6 is 0 Å². The molecule has 1 aromatic carbocycles. The number of amides is 1. The first kappa shape index (κ1) is 8.77. The molecule has 78 valence electrons. The molecule has 0 bridgehead atoms. The van der Waals surface area contributed by atoms with Crippen molar-refractivity contribution in [3.05, 3.63) is 29.3 Å². The Bertz CT molecular complexity index is 414. The Hall–Kier alpha value is -1.51.